The number of nitrogens with zero attached hydrogens (tertiary/aromatic N) is 3. The molecule has 0 bridgehead atoms. The number of anilines is 2. The molecule has 0 radical (unpaired) electrons. The van der Waals surface area contributed by atoms with Crippen molar-refractivity contribution in [3.05, 3.63) is 24.3 Å². The Bertz CT molecular complexity index is 521. The van der Waals surface area contributed by atoms with Crippen LogP contribution in [-0.2, 0) is 4.79 Å². The Morgan fingerprint density at radius 1 is 0.962 bits per heavy atom. The number of hydrogen-bond donors (Lipinski definition) is 1. The molecule has 0 unspecified atom stereocenters. The van der Waals surface area contributed by atoms with E-state index < -0.39 is 0 Å². The van der Waals surface area contributed by atoms with Gasteiger partial charge in [-0.05, 0) is 63.2 Å². The van der Waals surface area contributed by atoms with Crippen LogP contribution in [0.3, 0.4) is 0 Å². The third-order valence-electron chi connectivity index (χ3n) is 5.16. The van der Waals surface area contributed by atoms with Gasteiger partial charge in [0.15, 0.2) is 0 Å². The van der Waals surface area contributed by atoms with Crippen molar-refractivity contribution in [2.75, 3.05) is 62.6 Å². The van der Waals surface area contributed by atoms with Crippen LogP contribution in [-0.4, -0.2) is 68.1 Å². The van der Waals surface area contributed by atoms with Gasteiger partial charge in [-0.25, -0.2) is 0 Å². The number of hydrogen-bond acceptors (Lipinski definition) is 4. The molecule has 5 heteroatoms. The number of carbonyl (C=O) groups is 1. The van der Waals surface area contributed by atoms with Gasteiger partial charge < -0.3 is 15.1 Å². The molecule has 1 aliphatic rings. The average molecular weight is 361 g/mol. The number of benzene rings is 1. The second-order valence-corrected chi connectivity index (χ2v) is 7.09. The second-order valence-electron chi connectivity index (χ2n) is 7.09. The SMILES string of the molecule is CCCN(CCN(CC)CC)CC(=O)Nc1ccc(N2CCCC2)cc1. The molecular weight excluding hydrogens is 324 g/mol. The molecule has 0 aromatic heterocycles. The lowest BCUT2D eigenvalue weighted by Gasteiger charge is -2.25. The molecule has 0 spiro atoms. The molecule has 1 heterocycles. The molecule has 1 amide bonds. The lowest BCUT2D eigenvalue weighted by atomic mass is 10.2. The summed E-state index contributed by atoms with van der Waals surface area (Å²) in [4.78, 5) is 19.5. The summed E-state index contributed by atoms with van der Waals surface area (Å²) >= 11 is 0. The summed E-state index contributed by atoms with van der Waals surface area (Å²) in [5.41, 5.74) is 2.14. The standard InChI is InChI=1S/C21H36N4O/c1-4-13-24(17-16-23(5-2)6-3)18-21(26)22-19-9-11-20(12-10-19)25-14-7-8-15-25/h9-12H,4-8,13-18H2,1-3H3,(H,22,26). The van der Waals surface area contributed by atoms with Crippen LogP contribution in [0, 0.1) is 0 Å². The minimum Gasteiger partial charge on any atom is -0.372 e. The predicted molar refractivity (Wildman–Crippen MR) is 111 cm³/mol. The molecule has 146 valence electrons. The summed E-state index contributed by atoms with van der Waals surface area (Å²) in [5, 5.41) is 3.05. The van der Waals surface area contributed by atoms with Crippen molar-refractivity contribution in [3.8, 4) is 0 Å². The number of carbonyl (C=O) groups excluding carboxylic acids is 1. The summed E-state index contributed by atoms with van der Waals surface area (Å²) in [5.74, 6) is 0.0759. The number of amides is 1. The van der Waals surface area contributed by atoms with Gasteiger partial charge in [-0.1, -0.05) is 20.8 Å². The minimum atomic E-state index is 0.0759. The fourth-order valence-corrected chi connectivity index (χ4v) is 3.54. The highest BCUT2D eigenvalue weighted by Crippen LogP contribution is 2.22. The van der Waals surface area contributed by atoms with Gasteiger partial charge in [0, 0.05) is 37.6 Å². The first-order valence-corrected chi connectivity index (χ1v) is 10.3. The van der Waals surface area contributed by atoms with E-state index in [9.17, 15) is 4.79 Å². The van der Waals surface area contributed by atoms with Gasteiger partial charge in [-0.15, -0.1) is 0 Å². The van der Waals surface area contributed by atoms with E-state index in [1.807, 2.05) is 12.1 Å². The van der Waals surface area contributed by atoms with E-state index in [0.717, 1.165) is 57.9 Å². The van der Waals surface area contributed by atoms with E-state index in [0.29, 0.717) is 6.54 Å². The van der Waals surface area contributed by atoms with Crippen LogP contribution in [0.4, 0.5) is 11.4 Å². The van der Waals surface area contributed by atoms with Gasteiger partial charge in [-0.2, -0.15) is 0 Å². The maximum Gasteiger partial charge on any atom is 0.238 e. The largest absolute Gasteiger partial charge is 0.372 e. The highest BCUT2D eigenvalue weighted by molar-refractivity contribution is 5.92. The molecule has 1 fully saturated rings. The smallest absolute Gasteiger partial charge is 0.238 e. The third kappa shape index (κ3) is 6.61. The van der Waals surface area contributed by atoms with Crippen LogP contribution in [0.15, 0.2) is 24.3 Å². The summed E-state index contributed by atoms with van der Waals surface area (Å²) < 4.78 is 0. The van der Waals surface area contributed by atoms with E-state index in [1.165, 1.54) is 18.5 Å². The number of likely N-dealkylation sites (N-methyl/N-ethyl adjacent to an activating group) is 1. The molecular formula is C21H36N4O. The zero-order chi connectivity index (χ0) is 18.8. The zero-order valence-corrected chi connectivity index (χ0v) is 16.8. The number of rotatable bonds is 11. The highest BCUT2D eigenvalue weighted by Gasteiger charge is 2.13. The van der Waals surface area contributed by atoms with Gasteiger partial charge >= 0.3 is 0 Å². The van der Waals surface area contributed by atoms with Crippen molar-refractivity contribution >= 4 is 17.3 Å². The Kier molecular flexibility index (Phi) is 8.92. The number of nitrogens with one attached hydrogen (secondary N) is 1. The lowest BCUT2D eigenvalue weighted by Crippen LogP contribution is -2.39. The minimum absolute atomic E-state index is 0.0759. The van der Waals surface area contributed by atoms with Crippen molar-refractivity contribution in [1.82, 2.24) is 9.80 Å². The molecule has 0 atom stereocenters. The summed E-state index contributed by atoms with van der Waals surface area (Å²) in [6.45, 7) is 14.3. The fraction of sp³-hybridized carbons (Fsp3) is 0.667. The monoisotopic (exact) mass is 360 g/mol. The third-order valence-corrected chi connectivity index (χ3v) is 5.16. The van der Waals surface area contributed by atoms with E-state index >= 15 is 0 Å². The van der Waals surface area contributed by atoms with Crippen LogP contribution >= 0.6 is 0 Å². The van der Waals surface area contributed by atoms with Crippen LogP contribution in [0.1, 0.15) is 40.0 Å². The molecule has 0 aliphatic carbocycles. The first kappa shape index (κ1) is 20.7. The van der Waals surface area contributed by atoms with Gasteiger partial charge in [0.25, 0.3) is 0 Å². The molecule has 5 nitrogen and oxygen atoms in total. The van der Waals surface area contributed by atoms with E-state index in [2.05, 4.69) is 52.9 Å². The quantitative estimate of drug-likeness (QED) is 0.657. The Labute approximate surface area is 159 Å². The van der Waals surface area contributed by atoms with Gasteiger partial charge in [0.05, 0.1) is 6.54 Å². The maximum atomic E-state index is 12.4. The Morgan fingerprint density at radius 2 is 1.58 bits per heavy atom. The molecule has 26 heavy (non-hydrogen) atoms. The predicted octanol–water partition coefficient (Wildman–Crippen LogP) is 3.28. The maximum absolute atomic E-state index is 12.4. The molecule has 1 aromatic rings. The first-order valence-electron chi connectivity index (χ1n) is 10.3. The van der Waals surface area contributed by atoms with Crippen molar-refractivity contribution < 1.29 is 4.79 Å². The topological polar surface area (TPSA) is 38.8 Å². The van der Waals surface area contributed by atoms with E-state index in [-0.39, 0.29) is 5.91 Å². The molecule has 1 aliphatic heterocycles. The van der Waals surface area contributed by atoms with E-state index in [1.54, 1.807) is 0 Å². The van der Waals surface area contributed by atoms with Gasteiger partial charge in [0.1, 0.15) is 0 Å². The highest BCUT2D eigenvalue weighted by atomic mass is 16.2. The normalized spacial score (nSPS) is 14.4. The van der Waals surface area contributed by atoms with Crippen LogP contribution < -0.4 is 10.2 Å². The van der Waals surface area contributed by atoms with Crippen molar-refractivity contribution in [2.45, 2.75) is 40.0 Å². The van der Waals surface area contributed by atoms with Gasteiger partial charge in [0.2, 0.25) is 5.91 Å². The first-order chi connectivity index (χ1) is 12.7. The van der Waals surface area contributed by atoms with Gasteiger partial charge in [-0.3, -0.25) is 9.69 Å². The van der Waals surface area contributed by atoms with Crippen LogP contribution in [0.5, 0.6) is 0 Å². The molecule has 0 saturated carbocycles. The van der Waals surface area contributed by atoms with Crippen molar-refractivity contribution in [1.29, 1.82) is 0 Å². The summed E-state index contributed by atoms with van der Waals surface area (Å²) in [7, 11) is 0. The molecule has 1 aromatic carbocycles. The van der Waals surface area contributed by atoms with Crippen LogP contribution in [0.2, 0.25) is 0 Å². The van der Waals surface area contributed by atoms with E-state index in [4.69, 9.17) is 0 Å². The van der Waals surface area contributed by atoms with Crippen LogP contribution in [0.25, 0.3) is 0 Å². The lowest BCUT2D eigenvalue weighted by molar-refractivity contribution is -0.117. The Hall–Kier alpha value is -1.59. The fourth-order valence-electron chi connectivity index (χ4n) is 3.54. The average Bonchev–Trinajstić information content (AvgIpc) is 3.18. The summed E-state index contributed by atoms with van der Waals surface area (Å²) in [6.07, 6.45) is 3.62. The summed E-state index contributed by atoms with van der Waals surface area (Å²) in [6, 6.07) is 8.27. The second kappa shape index (κ2) is 11.2. The molecule has 1 saturated heterocycles. The Morgan fingerprint density at radius 3 is 2.15 bits per heavy atom. The zero-order valence-electron chi connectivity index (χ0n) is 16.8. The van der Waals surface area contributed by atoms with Crippen molar-refractivity contribution in [3.63, 3.8) is 0 Å². The molecule has 2 rings (SSSR count). The Balaban J connectivity index is 1.82. The molecule has 1 N–H and O–H groups in total. The van der Waals surface area contributed by atoms with Crippen molar-refractivity contribution in [2.24, 2.45) is 0 Å².